The normalized spacial score (nSPS) is 17.4. The van der Waals surface area contributed by atoms with Gasteiger partial charge in [0.15, 0.2) is 6.10 Å². The van der Waals surface area contributed by atoms with Crippen molar-refractivity contribution in [3.8, 4) is 5.75 Å². The fourth-order valence-corrected chi connectivity index (χ4v) is 6.37. The average Bonchev–Trinajstić information content (AvgIpc) is 3.31. The maximum Gasteiger partial charge on any atom is 0.416 e. The molecule has 3 amide bonds. The van der Waals surface area contributed by atoms with Crippen LogP contribution in [-0.4, -0.2) is 61.6 Å². The third-order valence-electron chi connectivity index (χ3n) is 7.71. The predicted octanol–water partition coefficient (Wildman–Crippen LogP) is 4.56. The largest absolute Gasteiger partial charge is 0.508 e. The van der Waals surface area contributed by atoms with Crippen LogP contribution in [0.25, 0.3) is 0 Å². The zero-order valence-corrected chi connectivity index (χ0v) is 25.5. The number of amides is 3. The number of hydrogen-bond donors (Lipinski definition) is 4. The maximum atomic E-state index is 13.8. The van der Waals surface area contributed by atoms with Crippen molar-refractivity contribution < 1.29 is 42.2 Å². The number of benzene rings is 3. The minimum absolute atomic E-state index is 0.0109. The van der Waals surface area contributed by atoms with Crippen molar-refractivity contribution in [3.63, 3.8) is 0 Å². The van der Waals surface area contributed by atoms with Crippen LogP contribution in [0.4, 0.5) is 17.6 Å². The number of phenols is 1. The van der Waals surface area contributed by atoms with Gasteiger partial charge in [0.25, 0.3) is 11.8 Å². The van der Waals surface area contributed by atoms with Gasteiger partial charge in [0.1, 0.15) is 17.6 Å². The fourth-order valence-electron chi connectivity index (χ4n) is 5.23. The molecule has 1 aliphatic heterocycles. The van der Waals surface area contributed by atoms with Gasteiger partial charge in [-0.25, -0.2) is 4.39 Å². The van der Waals surface area contributed by atoms with Gasteiger partial charge in [0.05, 0.1) is 17.5 Å². The van der Waals surface area contributed by atoms with E-state index >= 15 is 0 Å². The molecule has 0 saturated carbocycles. The fraction of sp³-hybridized carbons (Fsp3) is 0.344. The second-order valence-corrected chi connectivity index (χ2v) is 12.9. The van der Waals surface area contributed by atoms with Crippen LogP contribution in [-0.2, 0) is 28.7 Å². The number of hydrogen-bond acceptors (Lipinski definition) is 6. The van der Waals surface area contributed by atoms with E-state index in [-0.39, 0.29) is 29.2 Å². The number of phenolic OH excluding ortho intramolecular Hbond substituents is 1. The highest BCUT2D eigenvalue weighted by Crippen LogP contribution is 2.40. The Hall–Kier alpha value is -4.10. The third kappa shape index (κ3) is 7.77. The number of aromatic hydroxyl groups is 1. The number of nitrogens with one attached hydrogen (secondary N) is 2. The van der Waals surface area contributed by atoms with E-state index in [0.717, 1.165) is 17.0 Å². The smallest absolute Gasteiger partial charge is 0.416 e. The minimum Gasteiger partial charge on any atom is -0.508 e. The molecular weight excluding hydrogens is 614 g/mol. The van der Waals surface area contributed by atoms with Crippen LogP contribution in [0, 0.1) is 12.7 Å². The molecule has 1 saturated heterocycles. The first-order valence-corrected chi connectivity index (χ1v) is 15.0. The number of rotatable bonds is 9. The molecule has 1 aliphatic rings. The first-order valence-electron chi connectivity index (χ1n) is 14.0. The second kappa shape index (κ2) is 13.5. The molecule has 13 heteroatoms. The summed E-state index contributed by atoms with van der Waals surface area (Å²) in [6.07, 6.45) is -6.62. The number of aliphatic hydroxyl groups excluding tert-OH is 1. The van der Waals surface area contributed by atoms with Crippen LogP contribution in [0.3, 0.4) is 0 Å². The minimum atomic E-state index is -4.86. The molecule has 1 heterocycles. The second-order valence-electron chi connectivity index (χ2n) is 11.3. The van der Waals surface area contributed by atoms with E-state index in [2.05, 4.69) is 10.6 Å². The number of halogens is 4. The summed E-state index contributed by atoms with van der Waals surface area (Å²) in [5.74, 6) is -3.45. The number of carbonyl (C=O) groups is 3. The van der Waals surface area contributed by atoms with E-state index in [1.807, 2.05) is 0 Å². The molecule has 1 fully saturated rings. The lowest BCUT2D eigenvalue weighted by Crippen LogP contribution is -2.58. The number of carbonyl (C=O) groups excluding carboxylic acids is 3. The van der Waals surface area contributed by atoms with E-state index in [1.54, 1.807) is 51.1 Å². The summed E-state index contributed by atoms with van der Waals surface area (Å²) in [6.45, 7) is 4.35. The number of thioether (sulfide) groups is 1. The van der Waals surface area contributed by atoms with Crippen LogP contribution in [0.15, 0.2) is 66.7 Å². The van der Waals surface area contributed by atoms with Gasteiger partial charge in [0.2, 0.25) is 5.91 Å². The van der Waals surface area contributed by atoms with Gasteiger partial charge >= 0.3 is 6.18 Å². The lowest BCUT2D eigenvalue weighted by atomic mass is 9.96. The van der Waals surface area contributed by atoms with Crippen molar-refractivity contribution in [1.29, 1.82) is 0 Å². The Morgan fingerprint density at radius 1 is 1.07 bits per heavy atom. The molecule has 0 unspecified atom stereocenters. The van der Waals surface area contributed by atoms with E-state index in [9.17, 15) is 42.2 Å². The Kier molecular flexibility index (Phi) is 10.1. The number of aliphatic hydroxyl groups is 1. The van der Waals surface area contributed by atoms with Crippen LogP contribution < -0.4 is 10.6 Å². The van der Waals surface area contributed by atoms with Crippen molar-refractivity contribution in [2.45, 2.75) is 62.8 Å². The van der Waals surface area contributed by atoms with Crippen LogP contribution in [0.1, 0.15) is 46.5 Å². The molecule has 3 aromatic rings. The summed E-state index contributed by atoms with van der Waals surface area (Å²) < 4.78 is 53.2. The summed E-state index contributed by atoms with van der Waals surface area (Å²) in [6, 6.07) is 13.0. The molecule has 4 rings (SSSR count). The van der Waals surface area contributed by atoms with Crippen LogP contribution in [0.5, 0.6) is 5.75 Å². The predicted molar refractivity (Wildman–Crippen MR) is 161 cm³/mol. The van der Waals surface area contributed by atoms with Gasteiger partial charge in [-0.05, 0) is 62.6 Å². The molecule has 240 valence electrons. The lowest BCUT2D eigenvalue weighted by Gasteiger charge is -2.33. The molecule has 0 radical (unpaired) electrons. The Labute approximate surface area is 261 Å². The van der Waals surface area contributed by atoms with Gasteiger partial charge in [-0.1, -0.05) is 42.5 Å². The van der Waals surface area contributed by atoms with Gasteiger partial charge in [-0.3, -0.25) is 14.4 Å². The first kappa shape index (κ1) is 33.8. The molecule has 0 aliphatic carbocycles. The zero-order chi connectivity index (χ0) is 33.1. The summed E-state index contributed by atoms with van der Waals surface area (Å²) in [5.41, 5.74) is -0.438. The topological polar surface area (TPSA) is 119 Å². The molecule has 3 aromatic carbocycles. The quantitative estimate of drug-likeness (QED) is 0.253. The van der Waals surface area contributed by atoms with Gasteiger partial charge in [-0.2, -0.15) is 13.2 Å². The molecule has 4 N–H and O–H groups in total. The molecule has 3 atom stereocenters. The summed E-state index contributed by atoms with van der Waals surface area (Å²) in [5, 5.41) is 26.6. The molecule has 8 nitrogen and oxygen atoms in total. The van der Waals surface area contributed by atoms with Gasteiger partial charge in [0, 0.05) is 22.4 Å². The van der Waals surface area contributed by atoms with E-state index in [1.165, 1.54) is 30.0 Å². The Balaban J connectivity index is 1.57. The molecule has 45 heavy (non-hydrogen) atoms. The van der Waals surface area contributed by atoms with E-state index in [4.69, 9.17) is 0 Å². The van der Waals surface area contributed by atoms with Crippen molar-refractivity contribution >= 4 is 29.5 Å². The number of alkyl halides is 3. The number of nitrogens with zero attached hydrogens (tertiary/aromatic N) is 1. The van der Waals surface area contributed by atoms with Gasteiger partial charge in [-0.15, -0.1) is 11.8 Å². The molecule has 0 aromatic heterocycles. The Morgan fingerprint density at radius 2 is 1.76 bits per heavy atom. The SMILES string of the molecule is Cc1c(O)cccc1C(=O)N[C@@H](Cc1ccccc1)[C@H](O)C(=O)N1CSC(C)(C)[C@H]1C(=O)NCc1ccc(F)cc1C(F)(F)F. The Morgan fingerprint density at radius 3 is 2.42 bits per heavy atom. The maximum absolute atomic E-state index is 13.8. The molecule has 0 spiro atoms. The summed E-state index contributed by atoms with van der Waals surface area (Å²) >= 11 is 1.24. The van der Waals surface area contributed by atoms with Crippen molar-refractivity contribution in [2.24, 2.45) is 0 Å². The molecule has 0 bridgehead atoms. The zero-order valence-electron chi connectivity index (χ0n) is 24.7. The average molecular weight is 648 g/mol. The first-order chi connectivity index (χ1) is 21.1. The standard InChI is InChI=1S/C32H33F4N3O5S/c1-18-22(10-7-11-25(18)40)28(42)38-24(14-19-8-5-4-6-9-19)26(41)30(44)39-17-45-31(2,3)27(39)29(43)37-16-20-12-13-21(33)15-23(20)32(34,35)36/h4-13,15,24,26-27,40-41H,14,16-17H2,1-3H3,(H,37,43)(H,38,42)/t24-,26-,27+/m0/s1. The summed E-state index contributed by atoms with van der Waals surface area (Å²) in [7, 11) is 0. The van der Waals surface area contributed by atoms with Crippen molar-refractivity contribution in [2.75, 3.05) is 5.88 Å². The van der Waals surface area contributed by atoms with Crippen LogP contribution in [0.2, 0.25) is 0 Å². The Bertz CT molecular complexity index is 1570. The van der Waals surface area contributed by atoms with Crippen molar-refractivity contribution in [3.05, 3.63) is 100 Å². The molecular formula is C32H33F4N3O5S. The van der Waals surface area contributed by atoms with E-state index < -0.39 is 64.8 Å². The highest BCUT2D eigenvalue weighted by atomic mass is 32.2. The van der Waals surface area contributed by atoms with Crippen LogP contribution >= 0.6 is 11.8 Å². The van der Waals surface area contributed by atoms with Crippen molar-refractivity contribution in [1.82, 2.24) is 15.5 Å². The highest BCUT2D eigenvalue weighted by molar-refractivity contribution is 8.00. The van der Waals surface area contributed by atoms with E-state index in [0.29, 0.717) is 17.2 Å². The monoisotopic (exact) mass is 647 g/mol. The highest BCUT2D eigenvalue weighted by Gasteiger charge is 2.50. The summed E-state index contributed by atoms with van der Waals surface area (Å²) in [4.78, 5) is 41.7. The lowest BCUT2D eigenvalue weighted by molar-refractivity contribution is -0.147. The van der Waals surface area contributed by atoms with Gasteiger partial charge < -0.3 is 25.7 Å². The third-order valence-corrected chi connectivity index (χ3v) is 9.08.